The molecule has 1 heterocycles. The molecule has 2 rings (SSSR count). The number of nitrogens with zero attached hydrogens (tertiary/aromatic N) is 2. The summed E-state index contributed by atoms with van der Waals surface area (Å²) in [5.41, 5.74) is 5.52. The van der Waals surface area contributed by atoms with Crippen LogP contribution in [-0.2, 0) is 11.3 Å². The van der Waals surface area contributed by atoms with Crippen molar-refractivity contribution in [3.63, 3.8) is 0 Å². The van der Waals surface area contributed by atoms with Gasteiger partial charge in [0.1, 0.15) is 5.41 Å². The van der Waals surface area contributed by atoms with E-state index in [-0.39, 0.29) is 18.3 Å². The van der Waals surface area contributed by atoms with Gasteiger partial charge < -0.3 is 20.8 Å². The molecule has 1 aliphatic rings. The second-order valence-corrected chi connectivity index (χ2v) is 5.20. The maximum Gasteiger partial charge on any atom is 0.234 e. The van der Waals surface area contributed by atoms with Gasteiger partial charge in [0, 0.05) is 6.07 Å². The van der Waals surface area contributed by atoms with Gasteiger partial charge in [-0.05, 0) is 25.7 Å². The van der Waals surface area contributed by atoms with Crippen LogP contribution in [0.5, 0.6) is 0 Å². The van der Waals surface area contributed by atoms with Crippen LogP contribution in [-0.4, -0.2) is 22.1 Å². The summed E-state index contributed by atoms with van der Waals surface area (Å²) in [4.78, 5) is 12.2. The summed E-state index contributed by atoms with van der Waals surface area (Å²) in [5.74, 6) is 0.693. The number of hydrogen-bond acceptors (Lipinski definition) is 5. The number of aromatic nitrogens is 1. The third-order valence-electron chi connectivity index (χ3n) is 3.53. The van der Waals surface area contributed by atoms with E-state index in [9.17, 15) is 4.79 Å². The van der Waals surface area contributed by atoms with Crippen molar-refractivity contribution < 1.29 is 14.5 Å². The number of amidine groups is 1. The minimum atomic E-state index is -0.886. The fourth-order valence-corrected chi connectivity index (χ4v) is 2.57. The molecule has 1 aromatic heterocycles. The molecule has 0 aliphatic heterocycles. The Labute approximate surface area is 110 Å². The molecule has 1 saturated carbocycles. The molecule has 0 spiro atoms. The number of carbonyl (C=O) groups is 1. The second-order valence-electron chi connectivity index (χ2n) is 5.20. The van der Waals surface area contributed by atoms with E-state index in [1.165, 1.54) is 0 Å². The van der Waals surface area contributed by atoms with E-state index in [2.05, 4.69) is 15.6 Å². The van der Waals surface area contributed by atoms with E-state index < -0.39 is 5.41 Å². The van der Waals surface area contributed by atoms with Crippen LogP contribution in [0, 0.1) is 18.3 Å². The average Bonchev–Trinajstić information content (AvgIpc) is 2.76. The van der Waals surface area contributed by atoms with Crippen molar-refractivity contribution in [3.8, 4) is 0 Å². The molecule has 1 amide bonds. The minimum Gasteiger partial charge on any atom is -0.409 e. The van der Waals surface area contributed by atoms with Crippen LogP contribution in [0.1, 0.15) is 31.2 Å². The van der Waals surface area contributed by atoms with Crippen LogP contribution >= 0.6 is 0 Å². The molecule has 1 aromatic rings. The predicted molar refractivity (Wildman–Crippen MR) is 67.3 cm³/mol. The molecule has 19 heavy (non-hydrogen) atoms. The average molecular weight is 266 g/mol. The Morgan fingerprint density at radius 2 is 2.42 bits per heavy atom. The topological polar surface area (TPSA) is 114 Å². The highest BCUT2D eigenvalue weighted by Gasteiger charge is 2.52. The Morgan fingerprint density at radius 1 is 1.74 bits per heavy atom. The molecule has 4 N–H and O–H groups in total. The lowest BCUT2D eigenvalue weighted by atomic mass is 9.61. The van der Waals surface area contributed by atoms with Crippen LogP contribution in [0.2, 0.25) is 0 Å². The largest absolute Gasteiger partial charge is 0.409 e. The smallest absolute Gasteiger partial charge is 0.234 e. The quantitative estimate of drug-likeness (QED) is 0.322. The fourth-order valence-electron chi connectivity index (χ4n) is 2.57. The molecule has 7 nitrogen and oxygen atoms in total. The van der Waals surface area contributed by atoms with E-state index in [0.29, 0.717) is 24.5 Å². The highest BCUT2D eigenvalue weighted by Crippen LogP contribution is 2.45. The Kier molecular flexibility index (Phi) is 3.46. The molecule has 1 aliphatic carbocycles. The Hall–Kier alpha value is -2.05. The maximum absolute atomic E-state index is 12.2. The predicted octanol–water partition coefficient (Wildman–Crippen LogP) is 0.762. The Balaban J connectivity index is 2.01. The van der Waals surface area contributed by atoms with Crippen molar-refractivity contribution in [2.75, 3.05) is 0 Å². The summed E-state index contributed by atoms with van der Waals surface area (Å²) in [6, 6.07) is 1.75. The van der Waals surface area contributed by atoms with E-state index in [4.69, 9.17) is 15.5 Å². The van der Waals surface area contributed by atoms with Gasteiger partial charge in [0.2, 0.25) is 5.91 Å². The SMILES string of the molecule is Cc1cc(CNC(=O)C2(C(N)=NO)CC(C)C2)on1. The lowest BCUT2D eigenvalue weighted by molar-refractivity contribution is -0.133. The van der Waals surface area contributed by atoms with Crippen molar-refractivity contribution in [1.29, 1.82) is 0 Å². The third kappa shape index (κ3) is 2.40. The lowest BCUT2D eigenvalue weighted by Crippen LogP contribution is -2.56. The lowest BCUT2D eigenvalue weighted by Gasteiger charge is -2.43. The summed E-state index contributed by atoms with van der Waals surface area (Å²) in [7, 11) is 0. The van der Waals surface area contributed by atoms with Gasteiger partial charge in [-0.1, -0.05) is 17.2 Å². The number of oxime groups is 1. The highest BCUT2D eigenvalue weighted by atomic mass is 16.5. The zero-order valence-corrected chi connectivity index (χ0v) is 11.0. The Bertz CT molecular complexity index is 503. The fraction of sp³-hybridized carbons (Fsp3) is 0.583. The van der Waals surface area contributed by atoms with Crippen molar-refractivity contribution in [2.24, 2.45) is 22.2 Å². The summed E-state index contributed by atoms with van der Waals surface area (Å²) in [5, 5.41) is 18.3. The zero-order valence-electron chi connectivity index (χ0n) is 11.0. The minimum absolute atomic E-state index is 0.0307. The van der Waals surface area contributed by atoms with Crippen LogP contribution in [0.3, 0.4) is 0 Å². The van der Waals surface area contributed by atoms with Gasteiger partial charge in [0.15, 0.2) is 11.6 Å². The molecule has 7 heteroatoms. The van der Waals surface area contributed by atoms with Crippen LogP contribution < -0.4 is 11.1 Å². The second kappa shape index (κ2) is 4.91. The van der Waals surface area contributed by atoms with Gasteiger partial charge in [-0.15, -0.1) is 0 Å². The van der Waals surface area contributed by atoms with Gasteiger partial charge in [0.25, 0.3) is 0 Å². The van der Waals surface area contributed by atoms with Crippen LogP contribution in [0.25, 0.3) is 0 Å². The molecular formula is C12H18N4O3. The highest BCUT2D eigenvalue weighted by molar-refractivity contribution is 6.07. The Morgan fingerprint density at radius 3 is 2.89 bits per heavy atom. The van der Waals surface area contributed by atoms with Crippen LogP contribution in [0.4, 0.5) is 0 Å². The van der Waals surface area contributed by atoms with Gasteiger partial charge in [-0.3, -0.25) is 4.79 Å². The molecule has 0 atom stereocenters. The van der Waals surface area contributed by atoms with Gasteiger partial charge in [-0.2, -0.15) is 0 Å². The molecule has 104 valence electrons. The molecule has 0 aromatic carbocycles. The van der Waals surface area contributed by atoms with Gasteiger partial charge in [-0.25, -0.2) is 0 Å². The maximum atomic E-state index is 12.2. The van der Waals surface area contributed by atoms with Crippen molar-refractivity contribution >= 4 is 11.7 Å². The monoisotopic (exact) mass is 266 g/mol. The van der Waals surface area contributed by atoms with E-state index in [0.717, 1.165) is 5.69 Å². The molecule has 1 fully saturated rings. The normalized spacial score (nSPS) is 26.8. The van der Waals surface area contributed by atoms with E-state index in [1.54, 1.807) is 13.0 Å². The van der Waals surface area contributed by atoms with Gasteiger partial charge in [0.05, 0.1) is 12.2 Å². The summed E-state index contributed by atoms with van der Waals surface area (Å²) >= 11 is 0. The first-order chi connectivity index (χ1) is 8.98. The molecule has 0 unspecified atom stereocenters. The number of nitrogens with two attached hydrogens (primary N) is 1. The number of carbonyl (C=O) groups excluding carboxylic acids is 1. The number of amides is 1. The first-order valence-corrected chi connectivity index (χ1v) is 6.16. The summed E-state index contributed by atoms with van der Waals surface area (Å²) < 4.78 is 5.01. The van der Waals surface area contributed by atoms with E-state index >= 15 is 0 Å². The zero-order chi connectivity index (χ0) is 14.0. The first-order valence-electron chi connectivity index (χ1n) is 6.16. The summed E-state index contributed by atoms with van der Waals surface area (Å²) in [6.45, 7) is 4.07. The summed E-state index contributed by atoms with van der Waals surface area (Å²) in [6.07, 6.45) is 1.17. The van der Waals surface area contributed by atoms with Crippen molar-refractivity contribution in [1.82, 2.24) is 10.5 Å². The molecular weight excluding hydrogens is 248 g/mol. The number of rotatable bonds is 4. The van der Waals surface area contributed by atoms with Crippen molar-refractivity contribution in [2.45, 2.75) is 33.2 Å². The number of hydrogen-bond donors (Lipinski definition) is 3. The van der Waals surface area contributed by atoms with E-state index in [1.807, 2.05) is 6.92 Å². The number of nitrogens with one attached hydrogen (secondary N) is 1. The first kappa shape index (κ1) is 13.4. The van der Waals surface area contributed by atoms with Crippen LogP contribution in [0.15, 0.2) is 15.7 Å². The third-order valence-corrected chi connectivity index (χ3v) is 3.53. The number of aryl methyl sites for hydroxylation is 1. The van der Waals surface area contributed by atoms with Gasteiger partial charge >= 0.3 is 0 Å². The molecule has 0 bridgehead atoms. The standard InChI is InChI=1S/C12H18N4O3/c1-7-4-12(5-7,10(13)15-18)11(17)14-6-9-3-8(2)16-19-9/h3,7,18H,4-6H2,1-2H3,(H2,13,15)(H,14,17). The molecule has 0 saturated heterocycles. The molecule has 0 radical (unpaired) electrons. The van der Waals surface area contributed by atoms with Crippen molar-refractivity contribution in [3.05, 3.63) is 17.5 Å².